The van der Waals surface area contributed by atoms with E-state index in [9.17, 15) is 0 Å². The number of hydrogen-bond acceptors (Lipinski definition) is 5. The van der Waals surface area contributed by atoms with Crippen LogP contribution in [-0.2, 0) is 6.54 Å². The van der Waals surface area contributed by atoms with Crippen LogP contribution in [-0.4, -0.2) is 32.6 Å². The molecule has 6 heteroatoms. The molecule has 0 bridgehead atoms. The first-order chi connectivity index (χ1) is 11.8. The maximum absolute atomic E-state index is 4.64. The van der Waals surface area contributed by atoms with Gasteiger partial charge in [-0.1, -0.05) is 6.07 Å². The quantitative estimate of drug-likeness (QED) is 0.730. The standard InChI is InChI=1S/C18H21N5S/c1-14-3-2-6-19-17(14)22-8-4-15(5-9-22)18-20-7-10-23(18)11-16-12-24-13-21-16/h2-3,6-7,10,12-13,15H,4-5,8-9,11H2,1H3. The largest absolute Gasteiger partial charge is 0.356 e. The van der Waals surface area contributed by atoms with Gasteiger partial charge in [-0.2, -0.15) is 0 Å². The van der Waals surface area contributed by atoms with Crippen molar-refractivity contribution >= 4 is 17.2 Å². The van der Waals surface area contributed by atoms with Crippen LogP contribution in [0.1, 0.15) is 35.8 Å². The van der Waals surface area contributed by atoms with E-state index < -0.39 is 0 Å². The van der Waals surface area contributed by atoms with E-state index in [1.807, 2.05) is 24.0 Å². The minimum atomic E-state index is 0.513. The molecule has 1 aliphatic rings. The lowest BCUT2D eigenvalue weighted by Gasteiger charge is -2.33. The molecule has 3 aromatic rings. The number of aryl methyl sites for hydroxylation is 1. The number of hydrogen-bond donors (Lipinski definition) is 0. The predicted octanol–water partition coefficient (Wildman–Crippen LogP) is 3.48. The molecule has 0 unspecified atom stereocenters. The molecular weight excluding hydrogens is 318 g/mol. The third-order valence-electron chi connectivity index (χ3n) is 4.70. The van der Waals surface area contributed by atoms with E-state index in [4.69, 9.17) is 0 Å². The summed E-state index contributed by atoms with van der Waals surface area (Å²) in [4.78, 5) is 16.0. The summed E-state index contributed by atoms with van der Waals surface area (Å²) in [5.41, 5.74) is 4.25. The van der Waals surface area contributed by atoms with E-state index in [2.05, 4.69) is 49.0 Å². The lowest BCUT2D eigenvalue weighted by molar-refractivity contribution is 0.467. The zero-order valence-corrected chi connectivity index (χ0v) is 14.6. The van der Waals surface area contributed by atoms with Crippen molar-refractivity contribution in [2.24, 2.45) is 0 Å². The van der Waals surface area contributed by atoms with Gasteiger partial charge in [-0.15, -0.1) is 11.3 Å². The molecular formula is C18H21N5S. The van der Waals surface area contributed by atoms with Crippen LogP contribution in [0.15, 0.2) is 41.6 Å². The van der Waals surface area contributed by atoms with Gasteiger partial charge in [0.15, 0.2) is 0 Å². The molecule has 124 valence electrons. The number of nitrogens with zero attached hydrogens (tertiary/aromatic N) is 5. The summed E-state index contributed by atoms with van der Waals surface area (Å²) in [7, 11) is 0. The van der Waals surface area contributed by atoms with Crippen molar-refractivity contribution in [2.45, 2.75) is 32.2 Å². The summed E-state index contributed by atoms with van der Waals surface area (Å²) in [6, 6.07) is 4.13. The molecule has 1 fully saturated rings. The molecule has 24 heavy (non-hydrogen) atoms. The first kappa shape index (κ1) is 15.3. The molecule has 3 aromatic heterocycles. The van der Waals surface area contributed by atoms with Crippen LogP contribution >= 0.6 is 11.3 Å². The SMILES string of the molecule is Cc1cccnc1N1CCC(c2nccn2Cc2cscn2)CC1. The summed E-state index contributed by atoms with van der Waals surface area (Å²) in [5.74, 6) is 2.83. The van der Waals surface area contributed by atoms with Gasteiger partial charge in [-0.3, -0.25) is 0 Å². The monoisotopic (exact) mass is 339 g/mol. The molecule has 1 aliphatic heterocycles. The van der Waals surface area contributed by atoms with E-state index in [-0.39, 0.29) is 0 Å². The summed E-state index contributed by atoms with van der Waals surface area (Å²) < 4.78 is 2.25. The van der Waals surface area contributed by atoms with Crippen molar-refractivity contribution in [3.05, 3.63) is 58.7 Å². The average molecular weight is 339 g/mol. The number of anilines is 1. The van der Waals surface area contributed by atoms with Crippen molar-refractivity contribution in [3.63, 3.8) is 0 Å². The van der Waals surface area contributed by atoms with E-state index in [0.29, 0.717) is 5.92 Å². The van der Waals surface area contributed by atoms with Crippen LogP contribution in [0.4, 0.5) is 5.82 Å². The van der Waals surface area contributed by atoms with E-state index >= 15 is 0 Å². The Balaban J connectivity index is 1.45. The van der Waals surface area contributed by atoms with Gasteiger partial charge in [-0.25, -0.2) is 15.0 Å². The van der Waals surface area contributed by atoms with E-state index in [1.165, 1.54) is 11.4 Å². The van der Waals surface area contributed by atoms with Crippen LogP contribution in [0.5, 0.6) is 0 Å². The van der Waals surface area contributed by atoms with Gasteiger partial charge >= 0.3 is 0 Å². The third-order valence-corrected chi connectivity index (χ3v) is 5.34. The van der Waals surface area contributed by atoms with Gasteiger partial charge in [0.1, 0.15) is 11.6 Å². The maximum atomic E-state index is 4.64. The molecule has 5 nitrogen and oxygen atoms in total. The fourth-order valence-electron chi connectivity index (χ4n) is 3.46. The first-order valence-corrected chi connectivity index (χ1v) is 9.30. The Morgan fingerprint density at radius 1 is 1.17 bits per heavy atom. The Kier molecular flexibility index (Phi) is 4.30. The topological polar surface area (TPSA) is 46.8 Å². The smallest absolute Gasteiger partial charge is 0.131 e. The van der Waals surface area contributed by atoms with Gasteiger partial charge in [0.2, 0.25) is 0 Å². The Morgan fingerprint density at radius 2 is 2.04 bits per heavy atom. The molecule has 0 N–H and O–H groups in total. The zero-order valence-electron chi connectivity index (χ0n) is 13.8. The molecule has 0 radical (unpaired) electrons. The minimum Gasteiger partial charge on any atom is -0.356 e. The van der Waals surface area contributed by atoms with Crippen molar-refractivity contribution < 1.29 is 0 Å². The molecule has 0 saturated carbocycles. The van der Waals surface area contributed by atoms with Crippen molar-refractivity contribution in [2.75, 3.05) is 18.0 Å². The Morgan fingerprint density at radius 3 is 2.79 bits per heavy atom. The van der Waals surface area contributed by atoms with Gasteiger partial charge < -0.3 is 9.47 Å². The summed E-state index contributed by atoms with van der Waals surface area (Å²) in [5, 5.41) is 2.11. The Hall–Kier alpha value is -2.21. The van der Waals surface area contributed by atoms with Gasteiger partial charge in [-0.05, 0) is 31.4 Å². The third kappa shape index (κ3) is 3.06. The minimum absolute atomic E-state index is 0.513. The number of aromatic nitrogens is 4. The number of imidazole rings is 1. The van der Waals surface area contributed by atoms with Crippen LogP contribution in [0.2, 0.25) is 0 Å². The van der Waals surface area contributed by atoms with Gasteiger partial charge in [0.05, 0.1) is 17.7 Å². The average Bonchev–Trinajstić information content (AvgIpc) is 3.28. The number of piperidine rings is 1. The highest BCUT2D eigenvalue weighted by Crippen LogP contribution is 2.30. The molecule has 4 rings (SSSR count). The molecule has 0 aromatic carbocycles. The normalized spacial score (nSPS) is 15.8. The fourth-order valence-corrected chi connectivity index (χ4v) is 4.01. The lowest BCUT2D eigenvalue weighted by Crippen LogP contribution is -2.34. The fraction of sp³-hybridized carbons (Fsp3) is 0.389. The molecule has 0 amide bonds. The van der Waals surface area contributed by atoms with Crippen LogP contribution in [0.25, 0.3) is 0 Å². The predicted molar refractivity (Wildman–Crippen MR) is 96.6 cm³/mol. The lowest BCUT2D eigenvalue weighted by atomic mass is 9.95. The Labute approximate surface area is 146 Å². The highest BCUT2D eigenvalue weighted by Gasteiger charge is 2.25. The molecule has 0 aliphatic carbocycles. The summed E-state index contributed by atoms with van der Waals surface area (Å²) in [6.07, 6.45) is 8.10. The van der Waals surface area contributed by atoms with E-state index in [0.717, 1.165) is 44.0 Å². The summed E-state index contributed by atoms with van der Waals surface area (Å²) in [6.45, 7) is 5.02. The molecule has 4 heterocycles. The number of rotatable bonds is 4. The Bertz CT molecular complexity index is 787. The van der Waals surface area contributed by atoms with E-state index in [1.54, 1.807) is 11.3 Å². The van der Waals surface area contributed by atoms with Crippen LogP contribution in [0, 0.1) is 6.92 Å². The zero-order chi connectivity index (χ0) is 16.4. The molecule has 0 spiro atoms. The van der Waals surface area contributed by atoms with Crippen LogP contribution in [0.3, 0.4) is 0 Å². The van der Waals surface area contributed by atoms with Crippen LogP contribution < -0.4 is 4.90 Å². The van der Waals surface area contributed by atoms with Gasteiger partial charge in [0, 0.05) is 43.0 Å². The molecule has 1 saturated heterocycles. The summed E-state index contributed by atoms with van der Waals surface area (Å²) >= 11 is 1.64. The number of thiazole rings is 1. The second kappa shape index (κ2) is 6.73. The van der Waals surface area contributed by atoms with Gasteiger partial charge in [0.25, 0.3) is 0 Å². The maximum Gasteiger partial charge on any atom is 0.131 e. The second-order valence-corrected chi connectivity index (χ2v) is 7.02. The highest BCUT2D eigenvalue weighted by atomic mass is 32.1. The van der Waals surface area contributed by atoms with Crippen molar-refractivity contribution in [3.8, 4) is 0 Å². The highest BCUT2D eigenvalue weighted by molar-refractivity contribution is 7.07. The number of pyridine rings is 1. The first-order valence-electron chi connectivity index (χ1n) is 8.36. The van der Waals surface area contributed by atoms with Crippen molar-refractivity contribution in [1.82, 2.24) is 19.5 Å². The second-order valence-electron chi connectivity index (χ2n) is 6.30. The van der Waals surface area contributed by atoms with Crippen molar-refractivity contribution in [1.29, 1.82) is 0 Å². The molecule has 0 atom stereocenters.